The highest BCUT2D eigenvalue weighted by molar-refractivity contribution is 7.99. The number of piperazine rings is 1. The van der Waals surface area contributed by atoms with Gasteiger partial charge in [-0.3, -0.25) is 9.80 Å². The third-order valence-corrected chi connectivity index (χ3v) is 5.71. The summed E-state index contributed by atoms with van der Waals surface area (Å²) in [5.74, 6) is 2.74. The topological polar surface area (TPSA) is 15.7 Å². The number of hydrogen-bond donors (Lipinski definition) is 0. The molecule has 0 aromatic rings. The van der Waals surface area contributed by atoms with Gasteiger partial charge in [0, 0.05) is 51.1 Å². The number of nitrogens with zero attached hydrogens (tertiary/aromatic N) is 2. The second kappa shape index (κ2) is 6.60. The first-order valence-electron chi connectivity index (χ1n) is 7.57. The minimum Gasteiger partial charge on any atom is -0.377 e. The molecule has 0 aromatic heterocycles. The molecule has 2 atom stereocenters. The van der Waals surface area contributed by atoms with Crippen LogP contribution in [0.3, 0.4) is 0 Å². The number of rotatable bonds is 3. The Morgan fingerprint density at radius 1 is 1.06 bits per heavy atom. The first-order chi connectivity index (χ1) is 8.92. The molecule has 0 aliphatic carbocycles. The summed E-state index contributed by atoms with van der Waals surface area (Å²) >= 11 is 2.13. The molecule has 0 aromatic carbocycles. The average molecular weight is 270 g/mol. The molecule has 3 heterocycles. The summed E-state index contributed by atoms with van der Waals surface area (Å²) in [6.07, 6.45) is 5.84. The molecule has 3 fully saturated rings. The van der Waals surface area contributed by atoms with Gasteiger partial charge in [-0.2, -0.15) is 11.8 Å². The van der Waals surface area contributed by atoms with Gasteiger partial charge in [-0.25, -0.2) is 0 Å². The average Bonchev–Trinajstić information content (AvgIpc) is 2.95. The molecule has 0 saturated carbocycles. The van der Waals surface area contributed by atoms with E-state index in [2.05, 4.69) is 21.6 Å². The van der Waals surface area contributed by atoms with Crippen molar-refractivity contribution in [3.05, 3.63) is 0 Å². The monoisotopic (exact) mass is 270 g/mol. The quantitative estimate of drug-likeness (QED) is 0.775. The maximum absolute atomic E-state index is 5.85. The lowest BCUT2D eigenvalue weighted by molar-refractivity contribution is -0.0162. The maximum Gasteiger partial charge on any atom is 0.0702 e. The van der Waals surface area contributed by atoms with Crippen molar-refractivity contribution < 1.29 is 4.74 Å². The lowest BCUT2D eigenvalue weighted by Gasteiger charge is -2.39. The number of ether oxygens (including phenoxy) is 1. The van der Waals surface area contributed by atoms with Crippen molar-refractivity contribution in [3.8, 4) is 0 Å². The molecule has 4 heteroatoms. The summed E-state index contributed by atoms with van der Waals surface area (Å²) < 4.78 is 5.85. The zero-order valence-electron chi connectivity index (χ0n) is 11.4. The minimum absolute atomic E-state index is 0.521. The lowest BCUT2D eigenvalue weighted by atomic mass is 10.1. The fraction of sp³-hybridized carbons (Fsp3) is 1.00. The van der Waals surface area contributed by atoms with Gasteiger partial charge in [0.15, 0.2) is 0 Å². The Labute approximate surface area is 115 Å². The molecule has 0 radical (unpaired) electrons. The summed E-state index contributed by atoms with van der Waals surface area (Å²) in [5.41, 5.74) is 0. The zero-order chi connectivity index (χ0) is 12.2. The first-order valence-corrected chi connectivity index (χ1v) is 8.73. The Hall–Kier alpha value is 0.230. The predicted octanol–water partition coefficient (Wildman–Crippen LogP) is 1.68. The third-order valence-electron chi connectivity index (χ3n) is 4.56. The SMILES string of the molecule is C1CC[C@H](CN2CCN([C@H]3CCSC3)CC2)OC1. The van der Waals surface area contributed by atoms with E-state index in [0.717, 1.165) is 12.6 Å². The normalized spacial score (nSPS) is 36.0. The first kappa shape index (κ1) is 13.2. The van der Waals surface area contributed by atoms with Crippen LogP contribution in [0.15, 0.2) is 0 Å². The van der Waals surface area contributed by atoms with Crippen LogP contribution >= 0.6 is 11.8 Å². The van der Waals surface area contributed by atoms with Gasteiger partial charge < -0.3 is 4.74 Å². The Bertz CT molecular complexity index is 244. The fourth-order valence-corrected chi connectivity index (χ4v) is 4.62. The van der Waals surface area contributed by atoms with Crippen LogP contribution in [0.4, 0.5) is 0 Å². The summed E-state index contributed by atoms with van der Waals surface area (Å²) in [5, 5.41) is 0. The second-order valence-corrected chi connectivity index (χ2v) is 6.99. The van der Waals surface area contributed by atoms with E-state index in [1.165, 1.54) is 69.9 Å². The molecule has 3 saturated heterocycles. The molecule has 3 aliphatic heterocycles. The summed E-state index contributed by atoms with van der Waals surface area (Å²) in [6.45, 7) is 7.22. The van der Waals surface area contributed by atoms with Crippen LogP contribution in [0.25, 0.3) is 0 Å². The van der Waals surface area contributed by atoms with Gasteiger partial charge in [0.1, 0.15) is 0 Å². The van der Waals surface area contributed by atoms with Gasteiger partial charge in [-0.05, 0) is 31.4 Å². The van der Waals surface area contributed by atoms with Gasteiger partial charge in [0.2, 0.25) is 0 Å². The molecule has 3 nitrogen and oxygen atoms in total. The molecule has 18 heavy (non-hydrogen) atoms. The lowest BCUT2D eigenvalue weighted by Crippen LogP contribution is -2.52. The van der Waals surface area contributed by atoms with E-state index in [1.54, 1.807) is 0 Å². The van der Waals surface area contributed by atoms with Crippen LogP contribution in [-0.4, -0.2) is 72.8 Å². The molecule has 0 N–H and O–H groups in total. The van der Waals surface area contributed by atoms with Gasteiger partial charge in [-0.1, -0.05) is 0 Å². The standard InChI is InChI=1S/C14H26N2OS/c1-2-9-17-14(3-1)11-15-5-7-16(8-6-15)13-4-10-18-12-13/h13-14H,1-12H2/t13-,14+/m0/s1. The molecular weight excluding hydrogens is 244 g/mol. The van der Waals surface area contributed by atoms with E-state index in [9.17, 15) is 0 Å². The zero-order valence-corrected chi connectivity index (χ0v) is 12.2. The molecular formula is C14H26N2OS. The maximum atomic E-state index is 5.85. The predicted molar refractivity (Wildman–Crippen MR) is 77.3 cm³/mol. The Balaban J connectivity index is 1.39. The number of hydrogen-bond acceptors (Lipinski definition) is 4. The van der Waals surface area contributed by atoms with Crippen molar-refractivity contribution in [2.24, 2.45) is 0 Å². The van der Waals surface area contributed by atoms with Gasteiger partial charge in [0.05, 0.1) is 6.10 Å². The molecule has 3 aliphatic rings. The molecule has 0 bridgehead atoms. The van der Waals surface area contributed by atoms with Crippen LogP contribution in [0.2, 0.25) is 0 Å². The molecule has 3 rings (SSSR count). The van der Waals surface area contributed by atoms with Crippen LogP contribution in [0.1, 0.15) is 25.7 Å². The van der Waals surface area contributed by atoms with Crippen LogP contribution in [-0.2, 0) is 4.74 Å². The van der Waals surface area contributed by atoms with E-state index in [4.69, 9.17) is 4.74 Å². The van der Waals surface area contributed by atoms with Crippen molar-refractivity contribution in [2.75, 3.05) is 50.8 Å². The highest BCUT2D eigenvalue weighted by Crippen LogP contribution is 2.23. The van der Waals surface area contributed by atoms with Crippen molar-refractivity contribution in [1.82, 2.24) is 9.80 Å². The molecule has 0 spiro atoms. The van der Waals surface area contributed by atoms with E-state index >= 15 is 0 Å². The van der Waals surface area contributed by atoms with Crippen molar-refractivity contribution >= 4 is 11.8 Å². The number of thioether (sulfide) groups is 1. The third kappa shape index (κ3) is 3.41. The molecule has 0 amide bonds. The highest BCUT2D eigenvalue weighted by atomic mass is 32.2. The fourth-order valence-electron chi connectivity index (χ4n) is 3.36. The van der Waals surface area contributed by atoms with Gasteiger partial charge in [0.25, 0.3) is 0 Å². The summed E-state index contributed by atoms with van der Waals surface area (Å²) in [7, 11) is 0. The van der Waals surface area contributed by atoms with Crippen LogP contribution in [0.5, 0.6) is 0 Å². The van der Waals surface area contributed by atoms with E-state index in [1.807, 2.05) is 0 Å². The summed E-state index contributed by atoms with van der Waals surface area (Å²) in [4.78, 5) is 5.34. The Morgan fingerprint density at radius 3 is 2.61 bits per heavy atom. The van der Waals surface area contributed by atoms with Gasteiger partial charge >= 0.3 is 0 Å². The van der Waals surface area contributed by atoms with Crippen molar-refractivity contribution in [1.29, 1.82) is 0 Å². The van der Waals surface area contributed by atoms with Crippen molar-refractivity contribution in [2.45, 2.75) is 37.8 Å². The van der Waals surface area contributed by atoms with Crippen molar-refractivity contribution in [3.63, 3.8) is 0 Å². The van der Waals surface area contributed by atoms with Crippen LogP contribution < -0.4 is 0 Å². The molecule has 104 valence electrons. The summed E-state index contributed by atoms with van der Waals surface area (Å²) in [6, 6.07) is 0.878. The Kier molecular flexibility index (Phi) is 4.85. The highest BCUT2D eigenvalue weighted by Gasteiger charge is 2.27. The second-order valence-electron chi connectivity index (χ2n) is 5.84. The van der Waals surface area contributed by atoms with Crippen LogP contribution in [0, 0.1) is 0 Å². The minimum atomic E-state index is 0.521. The van der Waals surface area contributed by atoms with E-state index in [-0.39, 0.29) is 0 Å². The molecule has 0 unspecified atom stereocenters. The smallest absolute Gasteiger partial charge is 0.0702 e. The van der Waals surface area contributed by atoms with Gasteiger partial charge in [-0.15, -0.1) is 0 Å². The largest absolute Gasteiger partial charge is 0.377 e. The Morgan fingerprint density at radius 2 is 1.94 bits per heavy atom. The van der Waals surface area contributed by atoms with E-state index < -0.39 is 0 Å². The van der Waals surface area contributed by atoms with E-state index in [0.29, 0.717) is 6.10 Å².